The van der Waals surface area contributed by atoms with E-state index in [4.69, 9.17) is 9.47 Å². The van der Waals surface area contributed by atoms with Crippen molar-refractivity contribution in [2.45, 2.75) is 18.9 Å². The van der Waals surface area contributed by atoms with Crippen LogP contribution in [0.25, 0.3) is 11.3 Å². The first-order chi connectivity index (χ1) is 14.3. The van der Waals surface area contributed by atoms with Gasteiger partial charge in [0, 0.05) is 30.8 Å². The van der Waals surface area contributed by atoms with Gasteiger partial charge in [-0.3, -0.25) is 9.89 Å². The highest BCUT2D eigenvalue weighted by molar-refractivity contribution is 5.95. The summed E-state index contributed by atoms with van der Waals surface area (Å²) in [6, 6.07) is 17.6. The molecule has 1 unspecified atom stereocenters. The molecule has 148 valence electrons. The number of H-pyrrole nitrogens is 1. The summed E-state index contributed by atoms with van der Waals surface area (Å²) in [5, 5.41) is 10.8. The molecule has 1 aromatic heterocycles. The molecule has 1 amide bonds. The molecule has 1 atom stereocenters. The van der Waals surface area contributed by atoms with E-state index < -0.39 is 0 Å². The molecule has 2 aromatic carbocycles. The Balaban J connectivity index is 1.25. The van der Waals surface area contributed by atoms with Gasteiger partial charge in [0.05, 0.1) is 5.69 Å². The van der Waals surface area contributed by atoms with Crippen LogP contribution in [0.2, 0.25) is 0 Å². The number of fused-ring (bicyclic) bond motifs is 1. The standard InChI is InChI=1S/C22H22N4O3/c27-22(16-8-9-19-20(11-16)29-14-28-19)23-17-7-4-10-26(13-17)21-12-18(24-25-21)15-5-2-1-3-6-15/h1-3,5-6,8-9,11-12,17H,4,7,10,13-14H2,(H,23,27)(H,24,25). The second-order valence-electron chi connectivity index (χ2n) is 7.33. The Morgan fingerprint density at radius 3 is 2.86 bits per heavy atom. The lowest BCUT2D eigenvalue weighted by atomic mass is 10.0. The zero-order valence-electron chi connectivity index (χ0n) is 15.9. The molecule has 3 aromatic rings. The van der Waals surface area contributed by atoms with E-state index in [-0.39, 0.29) is 18.7 Å². The van der Waals surface area contributed by atoms with Gasteiger partial charge in [-0.25, -0.2) is 0 Å². The van der Waals surface area contributed by atoms with Gasteiger partial charge in [0.25, 0.3) is 5.91 Å². The zero-order chi connectivity index (χ0) is 19.6. The normalized spacial score (nSPS) is 17.9. The Kier molecular flexibility index (Phi) is 4.56. The van der Waals surface area contributed by atoms with Gasteiger partial charge in [-0.2, -0.15) is 5.10 Å². The average molecular weight is 390 g/mol. The molecule has 2 N–H and O–H groups in total. The van der Waals surface area contributed by atoms with Crippen LogP contribution in [0.5, 0.6) is 11.5 Å². The Morgan fingerprint density at radius 2 is 1.97 bits per heavy atom. The molecule has 2 aliphatic rings. The minimum atomic E-state index is -0.0952. The fourth-order valence-corrected chi connectivity index (χ4v) is 3.85. The molecule has 7 heteroatoms. The molecule has 7 nitrogen and oxygen atoms in total. The fourth-order valence-electron chi connectivity index (χ4n) is 3.85. The summed E-state index contributed by atoms with van der Waals surface area (Å²) in [6.07, 6.45) is 1.95. The van der Waals surface area contributed by atoms with Crippen molar-refractivity contribution in [3.05, 3.63) is 60.2 Å². The van der Waals surface area contributed by atoms with Crippen LogP contribution in [0, 0.1) is 0 Å². The topological polar surface area (TPSA) is 79.5 Å². The summed E-state index contributed by atoms with van der Waals surface area (Å²) in [6.45, 7) is 1.86. The highest BCUT2D eigenvalue weighted by Crippen LogP contribution is 2.32. The summed E-state index contributed by atoms with van der Waals surface area (Å²) in [4.78, 5) is 14.9. The van der Waals surface area contributed by atoms with E-state index in [1.165, 1.54) is 0 Å². The van der Waals surface area contributed by atoms with Crippen LogP contribution in [0.1, 0.15) is 23.2 Å². The Labute approximate surface area is 168 Å². The zero-order valence-corrected chi connectivity index (χ0v) is 15.9. The van der Waals surface area contributed by atoms with Crippen LogP contribution < -0.4 is 19.7 Å². The Bertz CT molecular complexity index is 1020. The number of aromatic amines is 1. The van der Waals surface area contributed by atoms with E-state index in [0.717, 1.165) is 43.0 Å². The minimum absolute atomic E-state index is 0.0681. The smallest absolute Gasteiger partial charge is 0.251 e. The third-order valence-corrected chi connectivity index (χ3v) is 5.36. The number of carbonyl (C=O) groups is 1. The largest absolute Gasteiger partial charge is 0.454 e. The summed E-state index contributed by atoms with van der Waals surface area (Å²) in [7, 11) is 0. The number of rotatable bonds is 4. The van der Waals surface area contributed by atoms with Gasteiger partial charge in [0.1, 0.15) is 0 Å². The first-order valence-corrected chi connectivity index (χ1v) is 9.82. The van der Waals surface area contributed by atoms with Gasteiger partial charge in [0.15, 0.2) is 17.3 Å². The van der Waals surface area contributed by atoms with Gasteiger partial charge in [-0.1, -0.05) is 30.3 Å². The Morgan fingerprint density at radius 1 is 1.10 bits per heavy atom. The third kappa shape index (κ3) is 3.63. The van der Waals surface area contributed by atoms with Crippen molar-refractivity contribution < 1.29 is 14.3 Å². The van der Waals surface area contributed by atoms with Crippen LogP contribution >= 0.6 is 0 Å². The van der Waals surface area contributed by atoms with E-state index >= 15 is 0 Å². The van der Waals surface area contributed by atoms with E-state index in [1.807, 2.05) is 18.2 Å². The average Bonchev–Trinajstić information content (AvgIpc) is 3.44. The molecule has 1 saturated heterocycles. The number of benzene rings is 2. The van der Waals surface area contributed by atoms with Gasteiger partial charge in [0.2, 0.25) is 6.79 Å². The van der Waals surface area contributed by atoms with Crippen molar-refractivity contribution >= 4 is 11.7 Å². The van der Waals surface area contributed by atoms with Gasteiger partial charge in [-0.05, 0) is 36.6 Å². The molecule has 5 rings (SSSR count). The van der Waals surface area contributed by atoms with Gasteiger partial charge < -0.3 is 19.7 Å². The maximum atomic E-state index is 12.7. The predicted molar refractivity (Wildman–Crippen MR) is 109 cm³/mol. The maximum absolute atomic E-state index is 12.7. The molecule has 29 heavy (non-hydrogen) atoms. The molecular weight excluding hydrogens is 368 g/mol. The maximum Gasteiger partial charge on any atom is 0.251 e. The quantitative estimate of drug-likeness (QED) is 0.715. The lowest BCUT2D eigenvalue weighted by Crippen LogP contribution is -2.48. The summed E-state index contributed by atoms with van der Waals surface area (Å²) in [5.74, 6) is 2.11. The number of hydrogen-bond donors (Lipinski definition) is 2. The van der Waals surface area contributed by atoms with E-state index in [1.54, 1.807) is 18.2 Å². The minimum Gasteiger partial charge on any atom is -0.454 e. The van der Waals surface area contributed by atoms with Crippen molar-refractivity contribution in [1.82, 2.24) is 15.5 Å². The highest BCUT2D eigenvalue weighted by atomic mass is 16.7. The lowest BCUT2D eigenvalue weighted by molar-refractivity contribution is 0.0932. The first-order valence-electron chi connectivity index (χ1n) is 9.82. The molecule has 0 saturated carbocycles. The number of ether oxygens (including phenoxy) is 2. The van der Waals surface area contributed by atoms with Crippen molar-refractivity contribution in [2.24, 2.45) is 0 Å². The Hall–Kier alpha value is -3.48. The van der Waals surface area contributed by atoms with E-state index in [2.05, 4.69) is 38.6 Å². The van der Waals surface area contributed by atoms with Crippen LogP contribution in [0.3, 0.4) is 0 Å². The van der Waals surface area contributed by atoms with Gasteiger partial charge >= 0.3 is 0 Å². The second-order valence-corrected chi connectivity index (χ2v) is 7.33. The number of anilines is 1. The molecule has 2 aliphatic heterocycles. The van der Waals surface area contributed by atoms with Crippen molar-refractivity contribution in [2.75, 3.05) is 24.8 Å². The molecule has 3 heterocycles. The number of piperidine rings is 1. The van der Waals surface area contributed by atoms with Crippen LogP contribution in [-0.4, -0.2) is 42.0 Å². The molecule has 0 bridgehead atoms. The monoisotopic (exact) mass is 390 g/mol. The van der Waals surface area contributed by atoms with E-state index in [9.17, 15) is 4.79 Å². The summed E-state index contributed by atoms with van der Waals surface area (Å²) in [5.41, 5.74) is 2.68. The number of carbonyl (C=O) groups excluding carboxylic acids is 1. The third-order valence-electron chi connectivity index (χ3n) is 5.36. The van der Waals surface area contributed by atoms with Crippen LogP contribution in [0.15, 0.2) is 54.6 Å². The SMILES string of the molecule is O=C(NC1CCCN(c2cc(-c3ccccc3)[nH]n2)C1)c1ccc2c(c1)OCO2. The van der Waals surface area contributed by atoms with Crippen molar-refractivity contribution in [3.63, 3.8) is 0 Å². The number of nitrogens with zero attached hydrogens (tertiary/aromatic N) is 2. The van der Waals surface area contributed by atoms with Crippen molar-refractivity contribution in [1.29, 1.82) is 0 Å². The van der Waals surface area contributed by atoms with E-state index in [0.29, 0.717) is 17.1 Å². The summed E-state index contributed by atoms with van der Waals surface area (Å²) < 4.78 is 10.7. The molecule has 0 radical (unpaired) electrons. The van der Waals surface area contributed by atoms with Gasteiger partial charge in [-0.15, -0.1) is 0 Å². The molecular formula is C22H22N4O3. The van der Waals surface area contributed by atoms with Crippen LogP contribution in [-0.2, 0) is 0 Å². The van der Waals surface area contributed by atoms with Crippen LogP contribution in [0.4, 0.5) is 5.82 Å². The molecule has 0 spiro atoms. The molecule has 0 aliphatic carbocycles. The fraction of sp³-hybridized carbons (Fsp3) is 0.273. The number of nitrogens with one attached hydrogen (secondary N) is 2. The number of hydrogen-bond acceptors (Lipinski definition) is 5. The number of aromatic nitrogens is 2. The first kappa shape index (κ1) is 17.6. The highest BCUT2D eigenvalue weighted by Gasteiger charge is 2.24. The lowest BCUT2D eigenvalue weighted by Gasteiger charge is -2.33. The summed E-state index contributed by atoms with van der Waals surface area (Å²) >= 11 is 0. The molecule has 1 fully saturated rings. The number of amides is 1. The predicted octanol–water partition coefficient (Wildman–Crippen LogP) is 3.20. The van der Waals surface area contributed by atoms with Crippen molar-refractivity contribution in [3.8, 4) is 22.8 Å². The second kappa shape index (κ2) is 7.50.